The van der Waals surface area contributed by atoms with Gasteiger partial charge in [-0.1, -0.05) is 84.9 Å². The zero-order valence-corrected chi connectivity index (χ0v) is 19.9. The van der Waals surface area contributed by atoms with E-state index in [-0.39, 0.29) is 5.70 Å². The van der Waals surface area contributed by atoms with Crippen LogP contribution in [0.4, 0.5) is 0 Å². The molecule has 178 valence electrons. The highest BCUT2D eigenvalue weighted by Gasteiger charge is 2.25. The first kappa shape index (κ1) is 23.1. The molecule has 0 saturated carbocycles. The minimum Gasteiger partial charge on any atom is -0.485 e. The van der Waals surface area contributed by atoms with E-state index in [0.717, 1.165) is 27.8 Å². The molecular formula is C31H25NO4. The van der Waals surface area contributed by atoms with E-state index in [2.05, 4.69) is 4.99 Å². The van der Waals surface area contributed by atoms with Crippen LogP contribution in [0.3, 0.4) is 0 Å². The van der Waals surface area contributed by atoms with Gasteiger partial charge in [0.25, 0.3) is 0 Å². The number of hydrogen-bond donors (Lipinski definition) is 0. The SMILES string of the molecule is Cc1ccccc1C1=N/C(=C\c2ccc(OCc3ccccc3)c(OCc3ccccc3)c2)C(=O)O1. The van der Waals surface area contributed by atoms with E-state index < -0.39 is 5.97 Å². The van der Waals surface area contributed by atoms with Crippen molar-refractivity contribution in [2.45, 2.75) is 20.1 Å². The Morgan fingerprint density at radius 2 is 1.36 bits per heavy atom. The van der Waals surface area contributed by atoms with Crippen LogP contribution in [0, 0.1) is 6.92 Å². The van der Waals surface area contributed by atoms with Gasteiger partial charge in [-0.3, -0.25) is 0 Å². The van der Waals surface area contributed by atoms with Crippen molar-refractivity contribution in [3.05, 3.63) is 137 Å². The van der Waals surface area contributed by atoms with Gasteiger partial charge in [0, 0.05) is 5.56 Å². The minimum absolute atomic E-state index is 0.236. The molecule has 0 aromatic heterocycles. The second-order valence-corrected chi connectivity index (χ2v) is 8.41. The summed E-state index contributed by atoms with van der Waals surface area (Å²) in [5.74, 6) is 1.03. The number of hydrogen-bond acceptors (Lipinski definition) is 5. The molecule has 0 N–H and O–H groups in total. The smallest absolute Gasteiger partial charge is 0.363 e. The summed E-state index contributed by atoms with van der Waals surface area (Å²) < 4.78 is 17.7. The van der Waals surface area contributed by atoms with E-state index in [0.29, 0.717) is 30.6 Å². The van der Waals surface area contributed by atoms with Crippen LogP contribution in [-0.2, 0) is 22.7 Å². The monoisotopic (exact) mass is 475 g/mol. The lowest BCUT2D eigenvalue weighted by atomic mass is 10.1. The predicted molar refractivity (Wildman–Crippen MR) is 140 cm³/mol. The van der Waals surface area contributed by atoms with E-state index in [4.69, 9.17) is 14.2 Å². The van der Waals surface area contributed by atoms with Gasteiger partial charge >= 0.3 is 5.97 Å². The number of cyclic esters (lactones) is 1. The van der Waals surface area contributed by atoms with Gasteiger partial charge in [-0.05, 0) is 53.5 Å². The van der Waals surface area contributed by atoms with Gasteiger partial charge in [0.1, 0.15) is 13.2 Å². The van der Waals surface area contributed by atoms with Gasteiger partial charge in [0.15, 0.2) is 17.2 Å². The van der Waals surface area contributed by atoms with Crippen molar-refractivity contribution in [1.29, 1.82) is 0 Å². The third-order valence-electron chi connectivity index (χ3n) is 5.74. The average Bonchev–Trinajstić information content (AvgIpc) is 3.27. The van der Waals surface area contributed by atoms with Gasteiger partial charge in [-0.2, -0.15) is 0 Å². The fraction of sp³-hybridized carbons (Fsp3) is 0.0968. The van der Waals surface area contributed by atoms with Gasteiger partial charge in [-0.15, -0.1) is 0 Å². The van der Waals surface area contributed by atoms with Gasteiger partial charge < -0.3 is 14.2 Å². The van der Waals surface area contributed by atoms with Crippen molar-refractivity contribution in [1.82, 2.24) is 0 Å². The second kappa shape index (κ2) is 10.7. The molecule has 0 bridgehead atoms. The molecule has 4 aromatic rings. The number of benzene rings is 4. The summed E-state index contributed by atoms with van der Waals surface area (Å²) in [5.41, 5.74) is 4.88. The quantitative estimate of drug-likeness (QED) is 0.216. The molecule has 0 fully saturated rings. The molecule has 36 heavy (non-hydrogen) atoms. The maximum atomic E-state index is 12.5. The average molecular weight is 476 g/mol. The molecule has 1 aliphatic heterocycles. The topological polar surface area (TPSA) is 57.1 Å². The molecule has 0 saturated heterocycles. The second-order valence-electron chi connectivity index (χ2n) is 8.41. The van der Waals surface area contributed by atoms with Crippen LogP contribution in [0.1, 0.15) is 27.8 Å². The summed E-state index contributed by atoms with van der Waals surface area (Å²) in [6.07, 6.45) is 1.70. The Labute approximate surface area is 210 Å². The first-order chi connectivity index (χ1) is 17.7. The molecule has 5 rings (SSSR count). The maximum absolute atomic E-state index is 12.5. The highest BCUT2D eigenvalue weighted by Crippen LogP contribution is 2.32. The summed E-state index contributed by atoms with van der Waals surface area (Å²) in [7, 11) is 0. The summed E-state index contributed by atoms with van der Waals surface area (Å²) >= 11 is 0. The lowest BCUT2D eigenvalue weighted by Gasteiger charge is -2.14. The van der Waals surface area contributed by atoms with Crippen LogP contribution in [0.5, 0.6) is 11.5 Å². The van der Waals surface area contributed by atoms with Crippen LogP contribution in [0.2, 0.25) is 0 Å². The van der Waals surface area contributed by atoms with Gasteiger partial charge in [0.2, 0.25) is 5.90 Å². The predicted octanol–water partition coefficient (Wildman–Crippen LogP) is 6.50. The molecule has 0 spiro atoms. The fourth-order valence-corrected chi connectivity index (χ4v) is 3.81. The van der Waals surface area contributed by atoms with Gasteiger partial charge in [0.05, 0.1) is 0 Å². The third-order valence-corrected chi connectivity index (χ3v) is 5.74. The van der Waals surface area contributed by atoms with Crippen molar-refractivity contribution < 1.29 is 19.0 Å². The summed E-state index contributed by atoms with van der Waals surface area (Å²) in [6.45, 7) is 2.76. The number of carbonyl (C=O) groups excluding carboxylic acids is 1. The number of ether oxygens (including phenoxy) is 3. The number of aryl methyl sites for hydroxylation is 1. The molecule has 5 nitrogen and oxygen atoms in total. The van der Waals surface area contributed by atoms with Crippen molar-refractivity contribution in [2.24, 2.45) is 4.99 Å². The van der Waals surface area contributed by atoms with Crippen LogP contribution in [-0.4, -0.2) is 11.9 Å². The summed E-state index contributed by atoms with van der Waals surface area (Å²) in [5, 5.41) is 0. The molecule has 5 heteroatoms. The summed E-state index contributed by atoms with van der Waals surface area (Å²) in [4.78, 5) is 17.0. The minimum atomic E-state index is -0.482. The lowest BCUT2D eigenvalue weighted by Crippen LogP contribution is -2.06. The van der Waals surface area contributed by atoms with E-state index in [9.17, 15) is 4.79 Å². The molecular weight excluding hydrogens is 450 g/mol. The molecule has 0 atom stereocenters. The Morgan fingerprint density at radius 3 is 2.03 bits per heavy atom. The Hall–Kier alpha value is -4.64. The van der Waals surface area contributed by atoms with E-state index in [1.807, 2.05) is 110 Å². The molecule has 0 aliphatic carbocycles. The number of esters is 1. The number of carbonyl (C=O) groups is 1. The molecule has 4 aromatic carbocycles. The number of nitrogens with zero attached hydrogens (tertiary/aromatic N) is 1. The van der Waals surface area contributed by atoms with E-state index in [1.165, 1.54) is 0 Å². The molecule has 0 radical (unpaired) electrons. The third kappa shape index (κ3) is 5.53. The molecule has 1 aliphatic rings. The Bertz CT molecular complexity index is 1430. The van der Waals surface area contributed by atoms with E-state index in [1.54, 1.807) is 6.08 Å². The Kier molecular flexibility index (Phi) is 6.90. The van der Waals surface area contributed by atoms with Crippen molar-refractivity contribution >= 4 is 17.9 Å². The lowest BCUT2D eigenvalue weighted by molar-refractivity contribution is -0.129. The normalized spacial score (nSPS) is 13.9. The largest absolute Gasteiger partial charge is 0.485 e. The van der Waals surface area contributed by atoms with Crippen LogP contribution in [0.25, 0.3) is 6.08 Å². The number of aliphatic imine (C=N–C) groups is 1. The van der Waals surface area contributed by atoms with Crippen LogP contribution >= 0.6 is 0 Å². The zero-order valence-electron chi connectivity index (χ0n) is 19.9. The standard InChI is InChI=1S/C31H25NO4/c1-22-10-8-9-15-26(22)30-32-27(31(33)36-30)18-25-16-17-28(34-20-23-11-4-2-5-12-23)29(19-25)35-21-24-13-6-3-7-14-24/h2-19H,20-21H2,1H3/b27-18-. The van der Waals surface area contributed by atoms with Crippen molar-refractivity contribution in [2.75, 3.05) is 0 Å². The highest BCUT2D eigenvalue weighted by atomic mass is 16.6. The molecule has 1 heterocycles. The zero-order chi connectivity index (χ0) is 24.7. The number of rotatable bonds is 8. The van der Waals surface area contributed by atoms with Gasteiger partial charge in [-0.25, -0.2) is 9.79 Å². The first-order valence-corrected chi connectivity index (χ1v) is 11.7. The fourth-order valence-electron chi connectivity index (χ4n) is 3.81. The highest BCUT2D eigenvalue weighted by molar-refractivity contribution is 6.13. The molecule has 0 amide bonds. The molecule has 0 unspecified atom stereocenters. The van der Waals surface area contributed by atoms with Crippen LogP contribution < -0.4 is 9.47 Å². The maximum Gasteiger partial charge on any atom is 0.363 e. The van der Waals surface area contributed by atoms with Crippen molar-refractivity contribution in [3.63, 3.8) is 0 Å². The van der Waals surface area contributed by atoms with E-state index >= 15 is 0 Å². The van der Waals surface area contributed by atoms with Crippen LogP contribution in [0.15, 0.2) is 114 Å². The van der Waals surface area contributed by atoms with Crippen molar-refractivity contribution in [3.8, 4) is 11.5 Å². The Morgan fingerprint density at radius 1 is 0.750 bits per heavy atom. The first-order valence-electron chi connectivity index (χ1n) is 11.7. The summed E-state index contributed by atoms with van der Waals surface area (Å²) in [6, 6.07) is 33.1. The Balaban J connectivity index is 1.41.